The quantitative estimate of drug-likeness (QED) is 0.677. The van der Waals surface area contributed by atoms with Crippen LogP contribution in [0.4, 0.5) is 0 Å². The van der Waals surface area contributed by atoms with Gasteiger partial charge in [0.1, 0.15) is 16.0 Å². The molecule has 0 aliphatic heterocycles. The van der Waals surface area contributed by atoms with Crippen LogP contribution in [0.5, 0.6) is 0 Å². The van der Waals surface area contributed by atoms with Crippen LogP contribution in [0.25, 0.3) is 11.4 Å². The molecule has 0 saturated carbocycles. The van der Waals surface area contributed by atoms with Gasteiger partial charge in [-0.1, -0.05) is 12.2 Å². The molecule has 0 unspecified atom stereocenters. The number of aromatic nitrogens is 2. The normalized spacial score (nSPS) is 10.4. The molecule has 1 N–H and O–H groups in total. The number of nitrogens with zero attached hydrogens (tertiary/aromatic N) is 1. The molecule has 0 aliphatic rings. The van der Waals surface area contributed by atoms with E-state index in [-0.39, 0.29) is 4.64 Å². The van der Waals surface area contributed by atoms with E-state index in [1.54, 1.807) is 18.3 Å². The second-order valence-corrected chi connectivity index (χ2v) is 4.98. The van der Waals surface area contributed by atoms with Crippen LogP contribution in [0.1, 0.15) is 21.6 Å². The molecule has 0 atom stereocenters. The Morgan fingerprint density at radius 2 is 2.17 bits per heavy atom. The van der Waals surface area contributed by atoms with Crippen molar-refractivity contribution in [1.29, 1.82) is 0 Å². The third-order valence-electron chi connectivity index (χ3n) is 2.61. The maximum Gasteiger partial charge on any atom is 0.342 e. The average molecular weight is 280 g/mol. The SMILES string of the molecule is COC(=O)c1c(C)[nH]c(-c2cscc2C)nc1=S. The van der Waals surface area contributed by atoms with E-state index in [9.17, 15) is 4.79 Å². The molecule has 2 heterocycles. The van der Waals surface area contributed by atoms with Gasteiger partial charge in [0.25, 0.3) is 0 Å². The summed E-state index contributed by atoms with van der Waals surface area (Å²) in [6.45, 7) is 3.79. The number of hydrogen-bond acceptors (Lipinski definition) is 5. The molecule has 4 nitrogen and oxygen atoms in total. The molecule has 6 heteroatoms. The molecule has 0 bridgehead atoms. The first-order valence-electron chi connectivity index (χ1n) is 5.27. The number of aromatic amines is 1. The highest BCUT2D eigenvalue weighted by atomic mass is 32.1. The molecule has 2 rings (SSSR count). The number of rotatable bonds is 2. The van der Waals surface area contributed by atoms with Gasteiger partial charge in [0.2, 0.25) is 0 Å². The van der Waals surface area contributed by atoms with E-state index < -0.39 is 5.97 Å². The van der Waals surface area contributed by atoms with Crippen molar-refractivity contribution >= 4 is 29.5 Å². The van der Waals surface area contributed by atoms with E-state index in [1.807, 2.05) is 17.7 Å². The average Bonchev–Trinajstić information content (AvgIpc) is 2.74. The van der Waals surface area contributed by atoms with Gasteiger partial charge in [0, 0.05) is 16.6 Å². The number of methoxy groups -OCH3 is 1. The summed E-state index contributed by atoms with van der Waals surface area (Å²) in [5.74, 6) is 0.221. The lowest BCUT2D eigenvalue weighted by Crippen LogP contribution is -2.08. The van der Waals surface area contributed by atoms with Crippen molar-refractivity contribution in [3.05, 3.63) is 32.2 Å². The van der Waals surface area contributed by atoms with Crippen molar-refractivity contribution in [2.75, 3.05) is 7.11 Å². The molecule has 0 spiro atoms. The first kappa shape index (κ1) is 12.9. The van der Waals surface area contributed by atoms with Gasteiger partial charge in [-0.2, -0.15) is 11.3 Å². The second-order valence-electron chi connectivity index (χ2n) is 3.85. The minimum absolute atomic E-state index is 0.263. The molecule has 18 heavy (non-hydrogen) atoms. The maximum atomic E-state index is 11.6. The third kappa shape index (κ3) is 2.21. The summed E-state index contributed by atoms with van der Waals surface area (Å²) in [7, 11) is 1.33. The number of nitrogens with one attached hydrogen (secondary N) is 1. The van der Waals surface area contributed by atoms with E-state index in [0.29, 0.717) is 17.1 Å². The number of H-pyrrole nitrogens is 1. The largest absolute Gasteiger partial charge is 0.465 e. The van der Waals surface area contributed by atoms with Gasteiger partial charge in [-0.25, -0.2) is 9.78 Å². The Morgan fingerprint density at radius 3 is 2.67 bits per heavy atom. The number of carbonyl (C=O) groups excluding carboxylic acids is 1. The van der Waals surface area contributed by atoms with Crippen molar-refractivity contribution in [1.82, 2.24) is 9.97 Å². The van der Waals surface area contributed by atoms with Crippen LogP contribution in [0.2, 0.25) is 0 Å². The lowest BCUT2D eigenvalue weighted by Gasteiger charge is -2.07. The summed E-state index contributed by atoms with van der Waals surface area (Å²) in [6.07, 6.45) is 0. The molecular formula is C12H12N2O2S2. The van der Waals surface area contributed by atoms with Crippen LogP contribution in [-0.2, 0) is 4.74 Å². The fraction of sp³-hybridized carbons (Fsp3) is 0.250. The predicted molar refractivity (Wildman–Crippen MR) is 73.5 cm³/mol. The molecular weight excluding hydrogens is 268 g/mol. The number of thiophene rings is 1. The van der Waals surface area contributed by atoms with E-state index in [1.165, 1.54) is 7.11 Å². The van der Waals surface area contributed by atoms with Crippen molar-refractivity contribution in [3.8, 4) is 11.4 Å². The summed E-state index contributed by atoms with van der Waals surface area (Å²) in [4.78, 5) is 18.9. The molecule has 2 aromatic heterocycles. The van der Waals surface area contributed by atoms with Crippen LogP contribution < -0.4 is 0 Å². The molecule has 0 amide bonds. The Kier molecular flexibility index (Phi) is 3.58. The van der Waals surface area contributed by atoms with Crippen LogP contribution >= 0.6 is 23.6 Å². The lowest BCUT2D eigenvalue weighted by molar-refractivity contribution is 0.0598. The van der Waals surface area contributed by atoms with E-state index in [2.05, 4.69) is 14.7 Å². The number of aryl methyl sites for hydroxylation is 2. The van der Waals surface area contributed by atoms with Crippen molar-refractivity contribution in [3.63, 3.8) is 0 Å². The molecule has 0 saturated heterocycles. The summed E-state index contributed by atoms with van der Waals surface area (Å²) in [6, 6.07) is 0. The number of hydrogen-bond donors (Lipinski definition) is 1. The fourth-order valence-electron chi connectivity index (χ4n) is 1.66. The van der Waals surface area contributed by atoms with Crippen molar-refractivity contribution in [2.45, 2.75) is 13.8 Å². The zero-order chi connectivity index (χ0) is 13.3. The highest BCUT2D eigenvalue weighted by molar-refractivity contribution is 7.71. The Balaban J connectivity index is 2.60. The predicted octanol–water partition coefficient (Wildman–Crippen LogP) is 3.27. The van der Waals surface area contributed by atoms with Gasteiger partial charge in [0.05, 0.1) is 7.11 Å². The summed E-state index contributed by atoms with van der Waals surface area (Å²) < 4.78 is 4.95. The van der Waals surface area contributed by atoms with Gasteiger partial charge in [0.15, 0.2) is 0 Å². The molecule has 0 fully saturated rings. The van der Waals surface area contributed by atoms with Gasteiger partial charge < -0.3 is 9.72 Å². The van der Waals surface area contributed by atoms with Gasteiger partial charge >= 0.3 is 5.97 Å². The first-order valence-corrected chi connectivity index (χ1v) is 6.62. The number of carbonyl (C=O) groups is 1. The van der Waals surface area contributed by atoms with Gasteiger partial charge in [-0.05, 0) is 24.8 Å². The summed E-state index contributed by atoms with van der Waals surface area (Å²) >= 11 is 6.76. The number of ether oxygens (including phenoxy) is 1. The Hall–Kier alpha value is -1.53. The van der Waals surface area contributed by atoms with Crippen LogP contribution in [0.15, 0.2) is 10.8 Å². The zero-order valence-corrected chi connectivity index (χ0v) is 11.9. The monoisotopic (exact) mass is 280 g/mol. The van der Waals surface area contributed by atoms with Gasteiger partial charge in [-0.3, -0.25) is 0 Å². The van der Waals surface area contributed by atoms with Crippen LogP contribution in [0, 0.1) is 18.5 Å². The smallest absolute Gasteiger partial charge is 0.342 e. The Labute approximate surface area is 114 Å². The molecule has 0 aliphatic carbocycles. The highest BCUT2D eigenvalue weighted by Gasteiger charge is 2.15. The van der Waals surface area contributed by atoms with Crippen molar-refractivity contribution < 1.29 is 9.53 Å². The zero-order valence-electron chi connectivity index (χ0n) is 10.2. The first-order chi connectivity index (χ1) is 8.54. The van der Waals surface area contributed by atoms with Crippen molar-refractivity contribution in [2.24, 2.45) is 0 Å². The van der Waals surface area contributed by atoms with Crippen LogP contribution in [0.3, 0.4) is 0 Å². The standard InChI is InChI=1S/C12H12N2O2S2/c1-6-4-18-5-8(6)10-13-7(2)9(11(17)14-10)12(15)16-3/h4-5H,1-3H3,(H,13,14,17). The highest BCUT2D eigenvalue weighted by Crippen LogP contribution is 2.24. The number of esters is 1. The van der Waals surface area contributed by atoms with E-state index in [4.69, 9.17) is 12.2 Å². The fourth-order valence-corrected chi connectivity index (χ4v) is 2.82. The molecule has 0 radical (unpaired) electrons. The topological polar surface area (TPSA) is 55.0 Å². The molecule has 2 aromatic rings. The summed E-state index contributed by atoms with van der Waals surface area (Å²) in [5, 5.41) is 4.04. The Bertz CT molecular complexity index is 658. The van der Waals surface area contributed by atoms with Gasteiger partial charge in [-0.15, -0.1) is 0 Å². The molecule has 0 aromatic carbocycles. The maximum absolute atomic E-state index is 11.6. The van der Waals surface area contributed by atoms with E-state index >= 15 is 0 Å². The molecule has 94 valence electrons. The lowest BCUT2D eigenvalue weighted by atomic mass is 10.2. The van der Waals surface area contributed by atoms with Crippen LogP contribution in [-0.4, -0.2) is 23.0 Å². The van der Waals surface area contributed by atoms with E-state index in [0.717, 1.165) is 11.1 Å². The minimum Gasteiger partial charge on any atom is -0.465 e. The Morgan fingerprint density at radius 1 is 1.44 bits per heavy atom. The minimum atomic E-state index is -0.463. The summed E-state index contributed by atoms with van der Waals surface area (Å²) in [5.41, 5.74) is 3.13. The second kappa shape index (κ2) is 4.99. The third-order valence-corrected chi connectivity index (χ3v) is 3.77.